The average Bonchev–Trinajstić information content (AvgIpc) is 2.99. The lowest BCUT2D eigenvalue weighted by Gasteiger charge is -2.29. The third-order valence-corrected chi connectivity index (χ3v) is 4.21. The number of hydrogen-bond donors (Lipinski definition) is 1. The molecular formula is C16H24N2O2. The van der Waals surface area contributed by atoms with Gasteiger partial charge in [-0.1, -0.05) is 12.1 Å². The maximum absolute atomic E-state index is 11.8. The Labute approximate surface area is 120 Å². The first-order valence-electron chi connectivity index (χ1n) is 7.15. The van der Waals surface area contributed by atoms with Gasteiger partial charge in [0, 0.05) is 24.8 Å². The van der Waals surface area contributed by atoms with Gasteiger partial charge in [0.25, 0.3) is 0 Å². The molecule has 0 bridgehead atoms. The van der Waals surface area contributed by atoms with Crippen LogP contribution in [0.3, 0.4) is 0 Å². The van der Waals surface area contributed by atoms with Crippen molar-refractivity contribution >= 4 is 11.7 Å². The molecule has 2 rings (SSSR count). The van der Waals surface area contributed by atoms with Gasteiger partial charge in [0.05, 0.1) is 12.5 Å². The number of carbonyl (C=O) groups excluding carboxylic acids is 1. The summed E-state index contributed by atoms with van der Waals surface area (Å²) in [6, 6.07) is 7.84. The largest absolute Gasteiger partial charge is 0.469 e. The molecule has 2 N–H and O–H groups in total. The summed E-state index contributed by atoms with van der Waals surface area (Å²) in [6.07, 6.45) is 2.52. The van der Waals surface area contributed by atoms with E-state index in [2.05, 4.69) is 17.0 Å². The van der Waals surface area contributed by atoms with Gasteiger partial charge >= 0.3 is 5.97 Å². The predicted octanol–water partition coefficient (Wildman–Crippen LogP) is 2.49. The van der Waals surface area contributed by atoms with E-state index in [0.29, 0.717) is 0 Å². The molecule has 1 aliphatic heterocycles. The minimum absolute atomic E-state index is 0.284. The second-order valence-corrected chi connectivity index (χ2v) is 5.98. The fourth-order valence-electron chi connectivity index (χ4n) is 2.67. The Kier molecular flexibility index (Phi) is 4.33. The Morgan fingerprint density at radius 1 is 1.25 bits per heavy atom. The van der Waals surface area contributed by atoms with Crippen molar-refractivity contribution in [2.45, 2.75) is 32.7 Å². The van der Waals surface area contributed by atoms with E-state index < -0.39 is 5.41 Å². The zero-order valence-corrected chi connectivity index (χ0v) is 12.6. The van der Waals surface area contributed by atoms with Crippen LogP contribution in [-0.4, -0.2) is 26.2 Å². The molecule has 4 heteroatoms. The molecule has 0 spiro atoms. The quantitative estimate of drug-likeness (QED) is 0.858. The van der Waals surface area contributed by atoms with E-state index in [0.717, 1.165) is 18.7 Å². The van der Waals surface area contributed by atoms with Crippen molar-refractivity contribution in [2.24, 2.45) is 11.1 Å². The first kappa shape index (κ1) is 14.9. The zero-order valence-electron chi connectivity index (χ0n) is 12.6. The maximum Gasteiger partial charge on any atom is 0.313 e. The summed E-state index contributed by atoms with van der Waals surface area (Å²) in [5, 5.41) is 0. The number of anilines is 1. The smallest absolute Gasteiger partial charge is 0.313 e. The molecule has 1 heterocycles. The molecule has 110 valence electrons. The number of carbonyl (C=O) groups is 1. The zero-order chi connectivity index (χ0) is 14.8. The van der Waals surface area contributed by atoms with Crippen molar-refractivity contribution < 1.29 is 9.53 Å². The van der Waals surface area contributed by atoms with Crippen molar-refractivity contribution in [1.82, 2.24) is 0 Å². The second-order valence-electron chi connectivity index (χ2n) is 5.98. The third-order valence-electron chi connectivity index (χ3n) is 4.21. The summed E-state index contributed by atoms with van der Waals surface area (Å²) in [7, 11) is 1.40. The summed E-state index contributed by atoms with van der Waals surface area (Å²) in [5.74, 6) is -0.284. The van der Waals surface area contributed by atoms with E-state index in [1.54, 1.807) is 0 Å². The van der Waals surface area contributed by atoms with E-state index in [1.165, 1.54) is 25.6 Å². The Balaban J connectivity index is 2.14. The molecule has 1 atom stereocenters. The Morgan fingerprint density at radius 2 is 1.80 bits per heavy atom. The maximum atomic E-state index is 11.8. The predicted molar refractivity (Wildman–Crippen MR) is 80.6 cm³/mol. The summed E-state index contributed by atoms with van der Waals surface area (Å²) in [5.41, 5.74) is 7.70. The third kappa shape index (κ3) is 2.80. The summed E-state index contributed by atoms with van der Waals surface area (Å²) >= 11 is 0. The second kappa shape index (κ2) is 5.83. The topological polar surface area (TPSA) is 55.6 Å². The number of esters is 1. The number of rotatable bonds is 4. The van der Waals surface area contributed by atoms with E-state index in [-0.39, 0.29) is 12.0 Å². The highest BCUT2D eigenvalue weighted by molar-refractivity contribution is 5.77. The molecule has 1 aromatic rings. The van der Waals surface area contributed by atoms with Gasteiger partial charge in [-0.3, -0.25) is 4.79 Å². The molecule has 4 nitrogen and oxygen atoms in total. The summed E-state index contributed by atoms with van der Waals surface area (Å²) in [6.45, 7) is 5.88. The lowest BCUT2D eigenvalue weighted by atomic mass is 9.81. The minimum atomic E-state index is -0.732. The average molecular weight is 276 g/mol. The molecule has 0 amide bonds. The molecule has 1 aromatic carbocycles. The van der Waals surface area contributed by atoms with Gasteiger partial charge in [0.15, 0.2) is 0 Å². The number of methoxy groups -OCH3 is 1. The standard InChI is InChI=1S/C16H24N2O2/c1-16(2,15(19)20-3)14(17)12-6-8-13(9-7-12)18-10-4-5-11-18/h6-9,14H,4-5,10-11,17H2,1-3H3/t14-/m0/s1. The fourth-order valence-corrected chi connectivity index (χ4v) is 2.67. The van der Waals surface area contributed by atoms with Gasteiger partial charge in [-0.2, -0.15) is 0 Å². The molecule has 1 saturated heterocycles. The summed E-state index contributed by atoms with van der Waals surface area (Å²) < 4.78 is 4.84. The molecule has 0 radical (unpaired) electrons. The highest BCUT2D eigenvalue weighted by Crippen LogP contribution is 2.33. The van der Waals surface area contributed by atoms with Crippen LogP contribution < -0.4 is 10.6 Å². The van der Waals surface area contributed by atoms with Gasteiger partial charge in [-0.25, -0.2) is 0 Å². The number of ether oxygens (including phenoxy) is 1. The van der Waals surface area contributed by atoms with Crippen LogP contribution in [0.1, 0.15) is 38.3 Å². The van der Waals surface area contributed by atoms with Crippen molar-refractivity contribution in [3.05, 3.63) is 29.8 Å². The van der Waals surface area contributed by atoms with Gasteiger partial charge in [0.2, 0.25) is 0 Å². The van der Waals surface area contributed by atoms with E-state index in [4.69, 9.17) is 10.5 Å². The minimum Gasteiger partial charge on any atom is -0.469 e. The Bertz CT molecular complexity index is 462. The normalized spacial score (nSPS) is 17.1. The lowest BCUT2D eigenvalue weighted by molar-refractivity contribution is -0.152. The number of benzene rings is 1. The molecule has 1 fully saturated rings. The van der Waals surface area contributed by atoms with Crippen LogP contribution in [0, 0.1) is 5.41 Å². The van der Waals surface area contributed by atoms with Crippen LogP contribution >= 0.6 is 0 Å². The monoisotopic (exact) mass is 276 g/mol. The van der Waals surface area contributed by atoms with Gasteiger partial charge in [-0.15, -0.1) is 0 Å². The van der Waals surface area contributed by atoms with Crippen molar-refractivity contribution in [3.63, 3.8) is 0 Å². The molecule has 20 heavy (non-hydrogen) atoms. The van der Waals surface area contributed by atoms with Crippen molar-refractivity contribution in [2.75, 3.05) is 25.1 Å². The number of nitrogens with two attached hydrogens (primary N) is 1. The SMILES string of the molecule is COC(=O)C(C)(C)[C@@H](N)c1ccc(N2CCCC2)cc1. The Morgan fingerprint density at radius 3 is 2.30 bits per heavy atom. The Hall–Kier alpha value is -1.55. The molecular weight excluding hydrogens is 252 g/mol. The van der Waals surface area contributed by atoms with Gasteiger partial charge < -0.3 is 15.4 Å². The fraction of sp³-hybridized carbons (Fsp3) is 0.562. The van der Waals surface area contributed by atoms with Crippen LogP contribution in [0.2, 0.25) is 0 Å². The summed E-state index contributed by atoms with van der Waals surface area (Å²) in [4.78, 5) is 14.2. The molecule has 0 unspecified atom stereocenters. The number of nitrogens with zero attached hydrogens (tertiary/aromatic N) is 1. The van der Waals surface area contributed by atoms with Crippen molar-refractivity contribution in [3.8, 4) is 0 Å². The molecule has 0 aromatic heterocycles. The van der Waals surface area contributed by atoms with Crippen LogP contribution in [0.15, 0.2) is 24.3 Å². The number of hydrogen-bond acceptors (Lipinski definition) is 4. The van der Waals surface area contributed by atoms with Crippen LogP contribution in [-0.2, 0) is 9.53 Å². The lowest BCUT2D eigenvalue weighted by Crippen LogP contribution is -2.37. The van der Waals surface area contributed by atoms with Gasteiger partial charge in [-0.05, 0) is 44.4 Å². The molecule has 0 saturated carbocycles. The molecule has 1 aliphatic rings. The van der Waals surface area contributed by atoms with E-state index in [9.17, 15) is 4.79 Å². The van der Waals surface area contributed by atoms with Crippen molar-refractivity contribution in [1.29, 1.82) is 0 Å². The van der Waals surface area contributed by atoms with Crippen LogP contribution in [0.4, 0.5) is 5.69 Å². The van der Waals surface area contributed by atoms with Crippen LogP contribution in [0.5, 0.6) is 0 Å². The van der Waals surface area contributed by atoms with Gasteiger partial charge in [0.1, 0.15) is 0 Å². The first-order chi connectivity index (χ1) is 9.46. The highest BCUT2D eigenvalue weighted by Gasteiger charge is 2.36. The highest BCUT2D eigenvalue weighted by atomic mass is 16.5. The first-order valence-corrected chi connectivity index (χ1v) is 7.15. The molecule has 0 aliphatic carbocycles. The van der Waals surface area contributed by atoms with Crippen LogP contribution in [0.25, 0.3) is 0 Å². The van der Waals surface area contributed by atoms with E-state index in [1.807, 2.05) is 26.0 Å². The van der Waals surface area contributed by atoms with E-state index >= 15 is 0 Å².